The van der Waals surface area contributed by atoms with Crippen LogP contribution in [0.1, 0.15) is 24.5 Å². The number of anilines is 2. The first kappa shape index (κ1) is 19.1. The maximum atomic E-state index is 13.2. The molecule has 148 valence electrons. The Labute approximate surface area is 172 Å². The van der Waals surface area contributed by atoms with Gasteiger partial charge in [-0.25, -0.2) is 0 Å². The van der Waals surface area contributed by atoms with Crippen LogP contribution in [0.2, 0.25) is 5.02 Å². The molecule has 5 heteroatoms. The highest BCUT2D eigenvalue weighted by Crippen LogP contribution is 2.31. The number of fused-ring (bicyclic) bond motifs is 1. The Morgan fingerprint density at radius 2 is 1.71 bits per heavy atom. The number of rotatable bonds is 3. The maximum Gasteiger partial charge on any atom is 0.245 e. The van der Waals surface area contributed by atoms with Crippen LogP contribution < -0.4 is 9.80 Å². The second-order valence-corrected chi connectivity index (χ2v) is 8.33. The molecule has 28 heavy (non-hydrogen) atoms. The molecular weight excluding hydrogens is 370 g/mol. The summed E-state index contributed by atoms with van der Waals surface area (Å²) < 4.78 is 0. The van der Waals surface area contributed by atoms with Crippen LogP contribution in [0.15, 0.2) is 42.5 Å². The average Bonchev–Trinajstić information content (AvgIpc) is 2.73. The Hall–Kier alpha value is -2.20. The van der Waals surface area contributed by atoms with Crippen molar-refractivity contribution in [2.75, 3.05) is 42.5 Å². The number of hydrogen-bond donors (Lipinski definition) is 0. The molecule has 0 bridgehead atoms. The first-order chi connectivity index (χ1) is 13.5. The molecular formula is C23H28ClN3O. The molecule has 1 fully saturated rings. The predicted octanol–water partition coefficient (Wildman–Crippen LogP) is 4.14. The smallest absolute Gasteiger partial charge is 0.245 e. The topological polar surface area (TPSA) is 26.8 Å². The molecule has 0 aliphatic carbocycles. The Kier molecular flexibility index (Phi) is 5.49. The summed E-state index contributed by atoms with van der Waals surface area (Å²) in [5.74, 6) is 0.228. The van der Waals surface area contributed by atoms with Gasteiger partial charge in [-0.3, -0.25) is 4.79 Å². The number of carbonyl (C=O) groups excluding carboxylic acids is 1. The van der Waals surface area contributed by atoms with Gasteiger partial charge in [0.2, 0.25) is 5.91 Å². The third kappa shape index (κ3) is 3.83. The third-order valence-electron chi connectivity index (χ3n) is 6.01. The average molecular weight is 398 g/mol. The van der Waals surface area contributed by atoms with Crippen molar-refractivity contribution in [3.63, 3.8) is 0 Å². The van der Waals surface area contributed by atoms with Gasteiger partial charge in [-0.05, 0) is 62.6 Å². The normalized spacial score (nSPS) is 18.0. The van der Waals surface area contributed by atoms with Crippen LogP contribution >= 0.6 is 11.6 Å². The number of piperazine rings is 1. The van der Waals surface area contributed by atoms with Crippen molar-refractivity contribution in [1.29, 1.82) is 0 Å². The monoisotopic (exact) mass is 397 g/mol. The van der Waals surface area contributed by atoms with Crippen LogP contribution in [-0.2, 0) is 11.2 Å². The lowest BCUT2D eigenvalue weighted by atomic mass is 10.00. The van der Waals surface area contributed by atoms with E-state index in [-0.39, 0.29) is 11.9 Å². The fourth-order valence-electron chi connectivity index (χ4n) is 4.34. The highest BCUT2D eigenvalue weighted by molar-refractivity contribution is 6.30. The van der Waals surface area contributed by atoms with Gasteiger partial charge in [-0.2, -0.15) is 0 Å². The predicted molar refractivity (Wildman–Crippen MR) is 117 cm³/mol. The zero-order valence-corrected chi connectivity index (χ0v) is 17.5. The van der Waals surface area contributed by atoms with Crippen LogP contribution in [0, 0.1) is 6.92 Å². The van der Waals surface area contributed by atoms with Gasteiger partial charge in [0.05, 0.1) is 0 Å². The van der Waals surface area contributed by atoms with Crippen LogP contribution in [-0.4, -0.2) is 49.6 Å². The fraction of sp³-hybridized carbons (Fsp3) is 0.435. The summed E-state index contributed by atoms with van der Waals surface area (Å²) >= 11 is 6.16. The number of nitrogens with zero attached hydrogens (tertiary/aromatic N) is 3. The molecule has 2 aliphatic heterocycles. The van der Waals surface area contributed by atoms with Gasteiger partial charge in [-0.15, -0.1) is 0 Å². The maximum absolute atomic E-state index is 13.2. The number of amides is 1. The van der Waals surface area contributed by atoms with E-state index in [0.717, 1.165) is 56.3 Å². The van der Waals surface area contributed by atoms with Gasteiger partial charge in [-0.1, -0.05) is 29.3 Å². The summed E-state index contributed by atoms with van der Waals surface area (Å²) in [6, 6.07) is 14.5. The second-order valence-electron chi connectivity index (χ2n) is 7.89. The number of hydrogen-bond acceptors (Lipinski definition) is 3. The van der Waals surface area contributed by atoms with E-state index >= 15 is 0 Å². The highest BCUT2D eigenvalue weighted by atomic mass is 35.5. The van der Waals surface area contributed by atoms with Gasteiger partial charge in [0.15, 0.2) is 0 Å². The molecule has 0 radical (unpaired) electrons. The largest absolute Gasteiger partial charge is 0.368 e. The van der Waals surface area contributed by atoms with Crippen LogP contribution in [0.25, 0.3) is 0 Å². The standard InChI is InChI=1S/C23H28ClN3O/c1-17-5-8-21(9-6-17)25-12-14-26(15-13-25)23(28)18(2)27-11-3-4-19-16-20(24)7-10-22(19)27/h5-10,16,18H,3-4,11-15H2,1-2H3/t18-/m1/s1. The summed E-state index contributed by atoms with van der Waals surface area (Å²) in [6.07, 6.45) is 2.09. The van der Waals surface area contributed by atoms with Crippen molar-refractivity contribution < 1.29 is 4.79 Å². The Balaban J connectivity index is 1.41. The summed E-state index contributed by atoms with van der Waals surface area (Å²) in [7, 11) is 0. The van der Waals surface area contributed by atoms with E-state index in [1.54, 1.807) is 0 Å². The van der Waals surface area contributed by atoms with E-state index in [9.17, 15) is 4.79 Å². The third-order valence-corrected chi connectivity index (χ3v) is 6.25. The first-order valence-corrected chi connectivity index (χ1v) is 10.6. The van der Waals surface area contributed by atoms with Gasteiger partial charge in [0.25, 0.3) is 0 Å². The van der Waals surface area contributed by atoms with Crippen molar-refractivity contribution in [2.45, 2.75) is 32.7 Å². The lowest BCUT2D eigenvalue weighted by Crippen LogP contribution is -2.55. The number of benzene rings is 2. The molecule has 2 aromatic rings. The lowest BCUT2D eigenvalue weighted by molar-refractivity contribution is -0.132. The van der Waals surface area contributed by atoms with Gasteiger partial charge >= 0.3 is 0 Å². The minimum atomic E-state index is -0.147. The molecule has 4 rings (SSSR count). The molecule has 2 heterocycles. The van der Waals surface area contributed by atoms with Crippen LogP contribution in [0.5, 0.6) is 0 Å². The minimum absolute atomic E-state index is 0.147. The molecule has 0 unspecified atom stereocenters. The number of aryl methyl sites for hydroxylation is 2. The van der Waals surface area contributed by atoms with E-state index in [1.165, 1.54) is 16.8 Å². The molecule has 2 aliphatic rings. The highest BCUT2D eigenvalue weighted by Gasteiger charge is 2.31. The number of halogens is 1. The zero-order valence-electron chi connectivity index (χ0n) is 16.7. The van der Waals surface area contributed by atoms with E-state index in [1.807, 2.05) is 24.0 Å². The molecule has 0 aromatic heterocycles. The summed E-state index contributed by atoms with van der Waals surface area (Å²) in [4.78, 5) is 19.8. The SMILES string of the molecule is Cc1ccc(N2CCN(C(=O)[C@@H](C)N3CCCc4cc(Cl)ccc43)CC2)cc1. The fourth-order valence-corrected chi connectivity index (χ4v) is 4.53. The van der Waals surface area contributed by atoms with E-state index in [0.29, 0.717) is 0 Å². The van der Waals surface area contributed by atoms with Crippen molar-refractivity contribution >= 4 is 28.9 Å². The molecule has 1 atom stereocenters. The quantitative estimate of drug-likeness (QED) is 0.778. The summed E-state index contributed by atoms with van der Waals surface area (Å²) in [5.41, 5.74) is 4.93. The zero-order chi connectivity index (χ0) is 19.7. The van der Waals surface area contributed by atoms with E-state index in [4.69, 9.17) is 11.6 Å². The number of carbonyl (C=O) groups is 1. The van der Waals surface area contributed by atoms with Gasteiger partial charge in [0.1, 0.15) is 6.04 Å². The summed E-state index contributed by atoms with van der Waals surface area (Å²) in [6.45, 7) is 8.38. The Bertz CT molecular complexity index is 843. The molecule has 0 saturated carbocycles. The summed E-state index contributed by atoms with van der Waals surface area (Å²) in [5, 5.41) is 0.770. The van der Waals surface area contributed by atoms with Gasteiger partial charge in [0, 0.05) is 49.1 Å². The Morgan fingerprint density at radius 1 is 1.00 bits per heavy atom. The molecule has 1 amide bonds. The van der Waals surface area contributed by atoms with E-state index < -0.39 is 0 Å². The van der Waals surface area contributed by atoms with Crippen molar-refractivity contribution in [1.82, 2.24) is 4.90 Å². The van der Waals surface area contributed by atoms with Crippen molar-refractivity contribution in [3.8, 4) is 0 Å². The van der Waals surface area contributed by atoms with Crippen molar-refractivity contribution in [3.05, 3.63) is 58.6 Å². The molecule has 4 nitrogen and oxygen atoms in total. The lowest BCUT2D eigenvalue weighted by Gasteiger charge is -2.41. The van der Waals surface area contributed by atoms with Crippen LogP contribution in [0.3, 0.4) is 0 Å². The van der Waals surface area contributed by atoms with Crippen LogP contribution in [0.4, 0.5) is 11.4 Å². The molecule has 1 saturated heterocycles. The Morgan fingerprint density at radius 3 is 2.43 bits per heavy atom. The van der Waals surface area contributed by atoms with Gasteiger partial charge < -0.3 is 14.7 Å². The van der Waals surface area contributed by atoms with E-state index in [2.05, 4.69) is 47.1 Å². The second kappa shape index (κ2) is 8.04. The molecule has 0 spiro atoms. The van der Waals surface area contributed by atoms with Crippen molar-refractivity contribution in [2.24, 2.45) is 0 Å². The molecule has 0 N–H and O–H groups in total. The first-order valence-electron chi connectivity index (χ1n) is 10.2. The molecule has 2 aromatic carbocycles. The minimum Gasteiger partial charge on any atom is -0.368 e.